The molecule has 182 valence electrons. The number of esters is 2. The summed E-state index contributed by atoms with van der Waals surface area (Å²) in [6.45, 7) is 1.20. The monoisotopic (exact) mass is 476 g/mol. The normalized spacial score (nSPS) is 22.4. The number of nitrogen functional groups attached to an aromatic ring is 1. The summed E-state index contributed by atoms with van der Waals surface area (Å²) in [4.78, 5) is 39.4. The molecule has 1 unspecified atom stereocenters. The van der Waals surface area contributed by atoms with E-state index in [1.54, 1.807) is 19.1 Å². The smallest absolute Gasteiger partial charge is 0.351 e. The Labute approximate surface area is 193 Å². The lowest BCUT2D eigenvalue weighted by atomic mass is 10.1. The van der Waals surface area contributed by atoms with Gasteiger partial charge in [-0.05, 0) is 42.8 Å². The lowest BCUT2D eigenvalue weighted by Gasteiger charge is -2.16. The van der Waals surface area contributed by atoms with Gasteiger partial charge in [0.25, 0.3) is 0 Å². The highest BCUT2D eigenvalue weighted by atomic mass is 16.6. The van der Waals surface area contributed by atoms with E-state index in [-0.39, 0.29) is 24.4 Å². The average Bonchev–Trinajstić information content (AvgIpc) is 3.10. The summed E-state index contributed by atoms with van der Waals surface area (Å²) >= 11 is 0. The first-order chi connectivity index (χ1) is 16.2. The first-order valence-corrected chi connectivity index (χ1v) is 10.2. The maximum atomic E-state index is 12.0. The molecule has 4 atom stereocenters. The quantitative estimate of drug-likeness (QED) is 0.127. The van der Waals surface area contributed by atoms with Gasteiger partial charge in [0.2, 0.25) is 0 Å². The number of oxime groups is 1. The highest BCUT2D eigenvalue weighted by molar-refractivity contribution is 5.98. The van der Waals surface area contributed by atoms with Crippen molar-refractivity contribution >= 4 is 23.5 Å². The first-order valence-electron chi connectivity index (χ1n) is 10.2. The van der Waals surface area contributed by atoms with Crippen molar-refractivity contribution in [1.82, 2.24) is 9.55 Å². The predicted molar refractivity (Wildman–Crippen MR) is 115 cm³/mol. The van der Waals surface area contributed by atoms with Gasteiger partial charge in [-0.2, -0.15) is 4.98 Å². The van der Waals surface area contributed by atoms with Crippen molar-refractivity contribution < 1.29 is 39.2 Å². The van der Waals surface area contributed by atoms with Crippen LogP contribution in [0.5, 0.6) is 5.75 Å². The summed E-state index contributed by atoms with van der Waals surface area (Å²) in [5.41, 5.74) is 5.69. The van der Waals surface area contributed by atoms with Crippen LogP contribution in [0, 0.1) is 0 Å². The van der Waals surface area contributed by atoms with Gasteiger partial charge >= 0.3 is 17.6 Å². The fraction of sp³-hybridized carbons (Fsp3) is 0.381. The van der Waals surface area contributed by atoms with E-state index in [1.165, 1.54) is 24.4 Å². The van der Waals surface area contributed by atoms with E-state index in [0.717, 1.165) is 4.57 Å². The Hall–Kier alpha value is -3.81. The van der Waals surface area contributed by atoms with Gasteiger partial charge in [-0.15, -0.1) is 0 Å². The first kappa shape index (κ1) is 24.8. The van der Waals surface area contributed by atoms with Crippen LogP contribution in [0.2, 0.25) is 0 Å². The Morgan fingerprint density at radius 2 is 1.82 bits per heavy atom. The van der Waals surface area contributed by atoms with Crippen LogP contribution in [0.3, 0.4) is 0 Å². The number of hydrogen-bond acceptors (Lipinski definition) is 12. The zero-order valence-corrected chi connectivity index (χ0v) is 18.1. The number of nitrogens with zero attached hydrogens (tertiary/aromatic N) is 3. The molecular weight excluding hydrogens is 452 g/mol. The van der Waals surface area contributed by atoms with Crippen molar-refractivity contribution in [2.45, 2.75) is 44.3 Å². The van der Waals surface area contributed by atoms with Crippen molar-refractivity contribution in [2.75, 3.05) is 12.3 Å². The third-order valence-corrected chi connectivity index (χ3v) is 5.06. The number of aromatic nitrogens is 2. The number of rotatable bonds is 8. The van der Waals surface area contributed by atoms with E-state index < -0.39 is 48.8 Å². The largest absolute Gasteiger partial charge is 0.463 e. The van der Waals surface area contributed by atoms with Gasteiger partial charge in [-0.1, -0.05) is 5.16 Å². The lowest BCUT2D eigenvalue weighted by molar-refractivity contribution is -0.152. The number of ether oxygens (including phenoxy) is 3. The Kier molecular flexibility index (Phi) is 7.94. The van der Waals surface area contributed by atoms with Crippen LogP contribution in [0.4, 0.5) is 5.82 Å². The summed E-state index contributed by atoms with van der Waals surface area (Å²) in [7, 11) is 0. The van der Waals surface area contributed by atoms with E-state index >= 15 is 0 Å². The van der Waals surface area contributed by atoms with E-state index in [4.69, 9.17) is 25.2 Å². The molecule has 0 aliphatic carbocycles. The second-order valence-electron chi connectivity index (χ2n) is 7.46. The van der Waals surface area contributed by atoms with Gasteiger partial charge in [0, 0.05) is 6.20 Å². The molecule has 2 aromatic rings. The molecule has 1 saturated heterocycles. The summed E-state index contributed by atoms with van der Waals surface area (Å²) in [5, 5.41) is 32.2. The third-order valence-electron chi connectivity index (χ3n) is 5.06. The van der Waals surface area contributed by atoms with E-state index in [9.17, 15) is 24.6 Å². The number of aliphatic hydroxyl groups is 2. The molecule has 1 fully saturated rings. The van der Waals surface area contributed by atoms with Crippen LogP contribution in [-0.4, -0.2) is 67.5 Å². The van der Waals surface area contributed by atoms with Crippen molar-refractivity contribution in [3.8, 4) is 5.75 Å². The summed E-state index contributed by atoms with van der Waals surface area (Å²) in [6.07, 6.45) is -4.54. The fourth-order valence-corrected chi connectivity index (χ4v) is 3.17. The fourth-order valence-electron chi connectivity index (χ4n) is 3.17. The van der Waals surface area contributed by atoms with Crippen LogP contribution in [0.1, 0.15) is 31.6 Å². The van der Waals surface area contributed by atoms with Crippen LogP contribution in [-0.2, 0) is 19.1 Å². The third kappa shape index (κ3) is 5.95. The molecule has 0 bridgehead atoms. The molecule has 5 N–H and O–H groups in total. The van der Waals surface area contributed by atoms with Gasteiger partial charge in [0.1, 0.15) is 36.5 Å². The maximum Gasteiger partial charge on any atom is 0.351 e. The minimum atomic E-state index is -1.47. The summed E-state index contributed by atoms with van der Waals surface area (Å²) < 4.78 is 16.6. The molecule has 1 aliphatic rings. The molecule has 0 amide bonds. The number of nitrogens with two attached hydrogens (primary N) is 1. The number of carbonyl (C=O) groups is 2. The standard InChI is InChI=1S/C21H24N4O9/c1-11(24-31)12-2-4-13(5-3-12)33-17(27)7-6-16(26)32-10-14-18(28)19(29)20(34-14)25-9-8-15(22)23-21(25)30/h2-5,8-9,14,18-20,28-29,31H,6-7,10H2,1H3,(H2,22,23,30)/b24-11+/t14-,18-,19-,20?/m1/s1. The summed E-state index contributed by atoms with van der Waals surface area (Å²) in [5.74, 6) is -1.17. The van der Waals surface area contributed by atoms with Crippen LogP contribution < -0.4 is 16.2 Å². The maximum absolute atomic E-state index is 12.0. The lowest BCUT2D eigenvalue weighted by Crippen LogP contribution is -2.36. The van der Waals surface area contributed by atoms with Crippen molar-refractivity contribution in [3.63, 3.8) is 0 Å². The van der Waals surface area contributed by atoms with Crippen LogP contribution in [0.25, 0.3) is 0 Å². The average molecular weight is 476 g/mol. The molecule has 1 aliphatic heterocycles. The number of benzene rings is 1. The van der Waals surface area contributed by atoms with Crippen LogP contribution in [0.15, 0.2) is 46.5 Å². The number of anilines is 1. The Morgan fingerprint density at radius 1 is 1.15 bits per heavy atom. The van der Waals surface area contributed by atoms with Gasteiger partial charge < -0.3 is 35.4 Å². The Morgan fingerprint density at radius 3 is 2.47 bits per heavy atom. The molecule has 1 aromatic heterocycles. The molecule has 1 aromatic carbocycles. The Bertz CT molecular complexity index is 1120. The molecule has 0 radical (unpaired) electrons. The van der Waals surface area contributed by atoms with Gasteiger partial charge in [0.15, 0.2) is 6.23 Å². The van der Waals surface area contributed by atoms with Crippen molar-refractivity contribution in [1.29, 1.82) is 0 Å². The second-order valence-corrected chi connectivity index (χ2v) is 7.46. The minimum absolute atomic E-state index is 0.0124. The highest BCUT2D eigenvalue weighted by Crippen LogP contribution is 2.28. The topological polar surface area (TPSA) is 196 Å². The second kappa shape index (κ2) is 10.9. The number of aliphatic hydroxyl groups excluding tert-OH is 2. The van der Waals surface area contributed by atoms with Crippen molar-refractivity contribution in [3.05, 3.63) is 52.6 Å². The molecule has 2 heterocycles. The minimum Gasteiger partial charge on any atom is -0.463 e. The molecular formula is C21H24N4O9. The molecule has 34 heavy (non-hydrogen) atoms. The number of carbonyl (C=O) groups excluding carboxylic acids is 2. The Balaban J connectivity index is 1.45. The highest BCUT2D eigenvalue weighted by Gasteiger charge is 2.44. The van der Waals surface area contributed by atoms with Gasteiger partial charge in [0.05, 0.1) is 18.6 Å². The number of hydrogen-bond donors (Lipinski definition) is 4. The summed E-state index contributed by atoms with van der Waals surface area (Å²) in [6, 6.07) is 7.57. The SMILES string of the molecule is C/C(=N\O)c1ccc(OC(=O)CCC(=O)OC[C@H]2OC(n3ccc(N)nc3=O)[C@H](O)[C@@H]2O)cc1. The zero-order valence-electron chi connectivity index (χ0n) is 18.1. The van der Waals surface area contributed by atoms with E-state index in [1.807, 2.05) is 0 Å². The molecule has 0 saturated carbocycles. The zero-order chi connectivity index (χ0) is 24.8. The van der Waals surface area contributed by atoms with Gasteiger partial charge in [-0.25, -0.2) is 4.79 Å². The molecule has 0 spiro atoms. The van der Waals surface area contributed by atoms with Crippen LogP contribution >= 0.6 is 0 Å². The molecule has 3 rings (SSSR count). The molecule has 13 nitrogen and oxygen atoms in total. The van der Waals surface area contributed by atoms with Crippen molar-refractivity contribution in [2.24, 2.45) is 5.16 Å². The van der Waals surface area contributed by atoms with E-state index in [0.29, 0.717) is 11.3 Å². The van der Waals surface area contributed by atoms with Gasteiger partial charge in [-0.3, -0.25) is 14.2 Å². The predicted octanol–water partition coefficient (Wildman–Crippen LogP) is -0.428. The van der Waals surface area contributed by atoms with E-state index in [2.05, 4.69) is 10.1 Å². The molecule has 13 heteroatoms.